The van der Waals surface area contributed by atoms with E-state index < -0.39 is 17.9 Å². The van der Waals surface area contributed by atoms with Crippen LogP contribution in [0.5, 0.6) is 0 Å². The molecule has 1 atom stereocenters. The van der Waals surface area contributed by atoms with Crippen molar-refractivity contribution in [1.82, 2.24) is 10.2 Å². The lowest BCUT2D eigenvalue weighted by Crippen LogP contribution is -2.42. The number of carbonyl (C=O) groups is 1. The number of aliphatic hydroxyl groups is 1. The number of halogens is 2. The molecule has 35 heavy (non-hydrogen) atoms. The van der Waals surface area contributed by atoms with Gasteiger partial charge in [0.1, 0.15) is 6.61 Å². The van der Waals surface area contributed by atoms with Crippen molar-refractivity contribution in [2.24, 2.45) is 0 Å². The molecule has 1 amide bonds. The Kier molecular flexibility index (Phi) is 5.72. The van der Waals surface area contributed by atoms with Crippen LogP contribution in [0.15, 0.2) is 36.4 Å². The van der Waals surface area contributed by atoms with Gasteiger partial charge in [0, 0.05) is 42.3 Å². The monoisotopic (exact) mass is 482 g/mol. The Balaban J connectivity index is 1.55. The second-order valence-electron chi connectivity index (χ2n) is 9.46. The molecule has 2 aromatic carbocycles. The summed E-state index contributed by atoms with van der Waals surface area (Å²) in [6.45, 7) is 3.57. The van der Waals surface area contributed by atoms with E-state index in [-0.39, 0.29) is 17.5 Å². The zero-order valence-corrected chi connectivity index (χ0v) is 19.9. The van der Waals surface area contributed by atoms with Crippen molar-refractivity contribution in [1.29, 1.82) is 0 Å². The third-order valence-corrected chi connectivity index (χ3v) is 7.38. The van der Waals surface area contributed by atoms with Gasteiger partial charge in [-0.1, -0.05) is 18.2 Å². The minimum atomic E-state index is -3.32. The number of anilines is 2. The third-order valence-electron chi connectivity index (χ3n) is 7.38. The standard InChI is InChI=1S/C26H28F2N4O3/c1-15(17-5-4-6-18(11-17)26(27,28)14-33)29-23-20-13-22-21(12-19(20)16(2)30-31-23)25(24(34)32(22)3)7-9-35-10-8-25/h4-6,11-13,15,33H,7-10,14H2,1-3H3,(H,29,31)/t15-/m1/s1. The number of likely N-dealkylation sites (N-methyl/N-ethyl adjacent to an activating group) is 1. The number of carbonyl (C=O) groups excluding carboxylic acids is 1. The molecule has 1 saturated heterocycles. The predicted molar refractivity (Wildman–Crippen MR) is 129 cm³/mol. The molecule has 184 valence electrons. The fourth-order valence-corrected chi connectivity index (χ4v) is 5.25. The molecule has 3 aromatic rings. The van der Waals surface area contributed by atoms with Crippen LogP contribution < -0.4 is 10.2 Å². The molecule has 1 fully saturated rings. The maximum Gasteiger partial charge on any atom is 0.295 e. The summed E-state index contributed by atoms with van der Waals surface area (Å²) in [5, 5.41) is 22.7. The van der Waals surface area contributed by atoms with Gasteiger partial charge in [-0.3, -0.25) is 4.79 Å². The van der Waals surface area contributed by atoms with E-state index in [1.807, 2.05) is 19.9 Å². The number of nitrogens with zero attached hydrogens (tertiary/aromatic N) is 3. The first-order valence-corrected chi connectivity index (χ1v) is 11.7. The number of ether oxygens (including phenoxy) is 1. The summed E-state index contributed by atoms with van der Waals surface area (Å²) < 4.78 is 33.6. The largest absolute Gasteiger partial charge is 0.390 e. The Bertz CT molecular complexity index is 1310. The van der Waals surface area contributed by atoms with Gasteiger partial charge in [0.15, 0.2) is 5.82 Å². The van der Waals surface area contributed by atoms with Crippen LogP contribution >= 0.6 is 0 Å². The quantitative estimate of drug-likeness (QED) is 0.566. The van der Waals surface area contributed by atoms with Crippen molar-refractivity contribution in [2.75, 3.05) is 37.1 Å². The molecule has 9 heteroatoms. The van der Waals surface area contributed by atoms with E-state index in [2.05, 4.69) is 21.6 Å². The number of aromatic nitrogens is 2. The zero-order valence-electron chi connectivity index (χ0n) is 19.9. The van der Waals surface area contributed by atoms with Gasteiger partial charge in [-0.15, -0.1) is 5.10 Å². The molecule has 3 heterocycles. The number of hydrogen-bond acceptors (Lipinski definition) is 6. The van der Waals surface area contributed by atoms with Crippen molar-refractivity contribution < 1.29 is 23.4 Å². The van der Waals surface area contributed by atoms with Crippen molar-refractivity contribution in [3.05, 3.63) is 58.8 Å². The summed E-state index contributed by atoms with van der Waals surface area (Å²) in [4.78, 5) is 15.0. The van der Waals surface area contributed by atoms with Gasteiger partial charge in [0.2, 0.25) is 5.91 Å². The lowest BCUT2D eigenvalue weighted by atomic mass is 9.74. The molecule has 7 nitrogen and oxygen atoms in total. The summed E-state index contributed by atoms with van der Waals surface area (Å²) in [7, 11) is 1.79. The number of fused-ring (bicyclic) bond motifs is 3. The highest BCUT2D eigenvalue weighted by molar-refractivity contribution is 6.11. The minimum absolute atomic E-state index is 0.0779. The molecule has 1 aromatic heterocycles. The van der Waals surface area contributed by atoms with E-state index in [9.17, 15) is 13.6 Å². The smallest absolute Gasteiger partial charge is 0.295 e. The van der Waals surface area contributed by atoms with Crippen LogP contribution in [0.25, 0.3) is 10.8 Å². The average molecular weight is 483 g/mol. The molecule has 1 spiro atoms. The molecule has 2 aliphatic rings. The van der Waals surface area contributed by atoms with E-state index >= 15 is 0 Å². The van der Waals surface area contributed by atoms with Gasteiger partial charge in [0.05, 0.1) is 17.2 Å². The molecular weight excluding hydrogens is 454 g/mol. The normalized spacial score (nSPS) is 18.2. The van der Waals surface area contributed by atoms with Crippen molar-refractivity contribution in [2.45, 2.75) is 44.1 Å². The number of alkyl halides is 2. The Morgan fingerprint density at radius 2 is 1.94 bits per heavy atom. The topological polar surface area (TPSA) is 87.6 Å². The zero-order chi connectivity index (χ0) is 25.0. The van der Waals surface area contributed by atoms with E-state index in [0.717, 1.165) is 27.7 Å². The Hall–Kier alpha value is -3.17. The fraction of sp³-hybridized carbons (Fsp3) is 0.423. The van der Waals surface area contributed by atoms with Crippen LogP contribution in [0.4, 0.5) is 20.3 Å². The lowest BCUT2D eigenvalue weighted by molar-refractivity contribution is -0.126. The summed E-state index contributed by atoms with van der Waals surface area (Å²) in [5.41, 5.74) is 2.39. The van der Waals surface area contributed by atoms with Gasteiger partial charge in [0.25, 0.3) is 5.92 Å². The van der Waals surface area contributed by atoms with Crippen LogP contribution in [0, 0.1) is 6.92 Å². The SMILES string of the molecule is Cc1nnc(N[C@H](C)c2cccc(C(F)(F)CO)c2)c2cc3c(cc12)C1(CCOCC1)C(=O)N3C. The molecule has 0 radical (unpaired) electrons. The van der Waals surface area contributed by atoms with Crippen molar-refractivity contribution in [3.8, 4) is 0 Å². The summed E-state index contributed by atoms with van der Waals surface area (Å²) in [6.07, 6.45) is 1.28. The van der Waals surface area contributed by atoms with E-state index in [4.69, 9.17) is 9.84 Å². The first-order valence-electron chi connectivity index (χ1n) is 11.7. The number of aryl methyl sites for hydroxylation is 1. The number of rotatable bonds is 5. The van der Waals surface area contributed by atoms with Gasteiger partial charge in [-0.05, 0) is 56.0 Å². The first kappa shape index (κ1) is 23.6. The van der Waals surface area contributed by atoms with Crippen LogP contribution in [0.2, 0.25) is 0 Å². The maximum absolute atomic E-state index is 14.0. The summed E-state index contributed by atoms with van der Waals surface area (Å²) in [6, 6.07) is 9.65. The molecule has 0 bridgehead atoms. The third kappa shape index (κ3) is 3.73. The number of benzene rings is 2. The first-order chi connectivity index (χ1) is 16.7. The van der Waals surface area contributed by atoms with Gasteiger partial charge >= 0.3 is 0 Å². The maximum atomic E-state index is 14.0. The second-order valence-corrected chi connectivity index (χ2v) is 9.46. The molecular formula is C26H28F2N4O3. The van der Waals surface area contributed by atoms with Crippen LogP contribution in [-0.2, 0) is 20.9 Å². The Labute approximate surface area is 202 Å². The van der Waals surface area contributed by atoms with Gasteiger partial charge < -0.3 is 20.1 Å². The molecule has 0 aliphatic carbocycles. The van der Waals surface area contributed by atoms with Gasteiger partial charge in [-0.25, -0.2) is 0 Å². The van der Waals surface area contributed by atoms with E-state index in [0.29, 0.717) is 37.4 Å². The second kappa shape index (κ2) is 8.49. The van der Waals surface area contributed by atoms with E-state index in [1.54, 1.807) is 24.1 Å². The average Bonchev–Trinajstić information content (AvgIpc) is 3.07. The molecule has 0 unspecified atom stereocenters. The number of amides is 1. The lowest BCUT2D eigenvalue weighted by Gasteiger charge is -2.32. The van der Waals surface area contributed by atoms with Crippen molar-refractivity contribution in [3.63, 3.8) is 0 Å². The molecule has 2 aliphatic heterocycles. The number of aliphatic hydroxyl groups excluding tert-OH is 1. The molecule has 2 N–H and O–H groups in total. The highest BCUT2D eigenvalue weighted by atomic mass is 19.3. The van der Waals surface area contributed by atoms with Gasteiger partial charge in [-0.2, -0.15) is 13.9 Å². The van der Waals surface area contributed by atoms with Crippen molar-refractivity contribution >= 4 is 28.2 Å². The Morgan fingerprint density at radius 1 is 1.20 bits per heavy atom. The molecule has 5 rings (SSSR count). The number of nitrogens with one attached hydrogen (secondary N) is 1. The summed E-state index contributed by atoms with van der Waals surface area (Å²) in [5.74, 6) is -2.73. The predicted octanol–water partition coefficient (Wildman–Crippen LogP) is 4.22. The summed E-state index contributed by atoms with van der Waals surface area (Å²) >= 11 is 0. The van der Waals surface area contributed by atoms with E-state index in [1.165, 1.54) is 12.1 Å². The fourth-order valence-electron chi connectivity index (χ4n) is 5.25. The molecule has 0 saturated carbocycles. The number of hydrogen-bond donors (Lipinski definition) is 2. The van der Waals surface area contributed by atoms with Crippen LogP contribution in [0.3, 0.4) is 0 Å². The highest BCUT2D eigenvalue weighted by Crippen LogP contribution is 2.49. The van der Waals surface area contributed by atoms with Crippen LogP contribution in [0.1, 0.15) is 48.2 Å². The highest BCUT2D eigenvalue weighted by Gasteiger charge is 2.50. The van der Waals surface area contributed by atoms with Crippen LogP contribution in [-0.4, -0.2) is 48.1 Å². The Morgan fingerprint density at radius 3 is 2.66 bits per heavy atom. The minimum Gasteiger partial charge on any atom is -0.390 e.